The van der Waals surface area contributed by atoms with Gasteiger partial charge in [-0.2, -0.15) is 13.2 Å². The van der Waals surface area contributed by atoms with E-state index >= 15 is 0 Å². The minimum atomic E-state index is -4.50. The molecule has 2 rings (SSSR count). The van der Waals surface area contributed by atoms with Gasteiger partial charge < -0.3 is 9.73 Å². The van der Waals surface area contributed by atoms with Crippen LogP contribution in [0.1, 0.15) is 55.6 Å². The third kappa shape index (κ3) is 4.33. The lowest BCUT2D eigenvalue weighted by Gasteiger charge is -2.14. The highest BCUT2D eigenvalue weighted by molar-refractivity contribution is 5.79. The van der Waals surface area contributed by atoms with E-state index in [4.69, 9.17) is 4.42 Å². The highest BCUT2D eigenvalue weighted by Gasteiger charge is 2.33. The van der Waals surface area contributed by atoms with Crippen LogP contribution in [0.3, 0.4) is 0 Å². The summed E-state index contributed by atoms with van der Waals surface area (Å²) in [4.78, 5) is 12.0. The van der Waals surface area contributed by atoms with E-state index in [0.29, 0.717) is 5.89 Å². The monoisotopic (exact) mass is 341 g/mol. The summed E-state index contributed by atoms with van der Waals surface area (Å²) < 4.78 is 44.2. The van der Waals surface area contributed by atoms with Gasteiger partial charge in [0.15, 0.2) is 0 Å². The Bertz CT molecular complexity index is 711. The molecule has 1 atom stereocenters. The second-order valence-corrected chi connectivity index (χ2v) is 5.75. The first kappa shape index (κ1) is 18.0. The Morgan fingerprint density at radius 2 is 1.79 bits per heavy atom. The van der Waals surface area contributed by atoms with E-state index in [1.54, 1.807) is 6.92 Å². The number of amides is 1. The predicted molar refractivity (Wildman–Crippen MR) is 80.1 cm³/mol. The zero-order valence-corrected chi connectivity index (χ0v) is 13.5. The van der Waals surface area contributed by atoms with Crippen molar-refractivity contribution in [3.05, 3.63) is 47.2 Å². The zero-order valence-electron chi connectivity index (χ0n) is 13.5. The molecule has 1 aromatic carbocycles. The maximum atomic E-state index is 12.9. The molecular formula is C16H18F3N3O2. The van der Waals surface area contributed by atoms with Crippen molar-refractivity contribution in [2.45, 2.75) is 45.3 Å². The lowest BCUT2D eigenvalue weighted by molar-refractivity contribution is -0.138. The van der Waals surface area contributed by atoms with Crippen molar-refractivity contribution in [2.75, 3.05) is 0 Å². The summed E-state index contributed by atoms with van der Waals surface area (Å²) >= 11 is 0. The average molecular weight is 341 g/mol. The third-order valence-electron chi connectivity index (χ3n) is 3.37. The Morgan fingerprint density at radius 1 is 1.17 bits per heavy atom. The summed E-state index contributed by atoms with van der Waals surface area (Å²) in [5, 5.41) is 10.3. The Morgan fingerprint density at radius 3 is 2.38 bits per heavy atom. The van der Waals surface area contributed by atoms with Gasteiger partial charge >= 0.3 is 6.18 Å². The standard InChI is InChI=1S/C16H18F3N3O2/c1-9(2)14-21-22-15(24-14)10(3)20-13(23)8-11-6-4-5-7-12(11)16(17,18)19/h4-7,9-10H,8H2,1-3H3,(H,20,23)/t10-/m0/s1. The molecule has 0 spiro atoms. The number of rotatable bonds is 5. The maximum absolute atomic E-state index is 12.9. The van der Waals surface area contributed by atoms with Gasteiger partial charge in [-0.1, -0.05) is 32.0 Å². The van der Waals surface area contributed by atoms with Gasteiger partial charge in [-0.15, -0.1) is 10.2 Å². The number of nitrogens with zero attached hydrogens (tertiary/aromatic N) is 2. The molecule has 1 heterocycles. The Balaban J connectivity index is 2.05. The number of hydrogen-bond donors (Lipinski definition) is 1. The van der Waals surface area contributed by atoms with E-state index in [1.165, 1.54) is 18.2 Å². The molecule has 0 aliphatic heterocycles. The number of carbonyl (C=O) groups is 1. The second-order valence-electron chi connectivity index (χ2n) is 5.75. The molecule has 130 valence electrons. The molecule has 0 radical (unpaired) electrons. The van der Waals surface area contributed by atoms with Crippen LogP contribution in [-0.2, 0) is 17.4 Å². The van der Waals surface area contributed by atoms with E-state index in [-0.39, 0.29) is 23.8 Å². The van der Waals surface area contributed by atoms with Gasteiger partial charge in [-0.25, -0.2) is 0 Å². The molecular weight excluding hydrogens is 323 g/mol. The number of halogens is 3. The summed E-state index contributed by atoms with van der Waals surface area (Å²) in [6.07, 6.45) is -4.88. The van der Waals surface area contributed by atoms with Gasteiger partial charge in [0.2, 0.25) is 17.7 Å². The smallest absolute Gasteiger partial charge is 0.416 e. The Kier molecular flexibility index (Phi) is 5.26. The molecule has 1 amide bonds. The number of benzene rings is 1. The van der Waals surface area contributed by atoms with Crippen LogP contribution in [0.25, 0.3) is 0 Å². The van der Waals surface area contributed by atoms with Crippen molar-refractivity contribution >= 4 is 5.91 Å². The number of hydrogen-bond acceptors (Lipinski definition) is 4. The number of aromatic nitrogens is 2. The van der Waals surface area contributed by atoms with Crippen molar-refractivity contribution in [1.29, 1.82) is 0 Å². The van der Waals surface area contributed by atoms with Crippen LogP contribution in [0.5, 0.6) is 0 Å². The molecule has 8 heteroatoms. The normalized spacial score (nSPS) is 13.1. The summed E-state index contributed by atoms with van der Waals surface area (Å²) in [6, 6.07) is 4.42. The van der Waals surface area contributed by atoms with Gasteiger partial charge in [-0.05, 0) is 18.6 Å². The largest absolute Gasteiger partial charge is 0.423 e. The van der Waals surface area contributed by atoms with Gasteiger partial charge in [0.05, 0.1) is 12.0 Å². The van der Waals surface area contributed by atoms with E-state index in [1.807, 2.05) is 13.8 Å². The molecule has 0 saturated heterocycles. The first-order valence-electron chi connectivity index (χ1n) is 7.46. The fourth-order valence-electron chi connectivity index (χ4n) is 2.13. The van der Waals surface area contributed by atoms with Crippen LogP contribution < -0.4 is 5.32 Å². The minimum absolute atomic E-state index is 0.0489. The van der Waals surface area contributed by atoms with E-state index in [2.05, 4.69) is 15.5 Å². The van der Waals surface area contributed by atoms with Crippen LogP contribution in [0.2, 0.25) is 0 Å². The quantitative estimate of drug-likeness (QED) is 0.902. The van der Waals surface area contributed by atoms with E-state index < -0.39 is 23.7 Å². The minimum Gasteiger partial charge on any atom is -0.423 e. The highest BCUT2D eigenvalue weighted by atomic mass is 19.4. The van der Waals surface area contributed by atoms with Crippen LogP contribution in [0, 0.1) is 0 Å². The number of nitrogens with one attached hydrogen (secondary N) is 1. The Hall–Kier alpha value is -2.38. The zero-order chi connectivity index (χ0) is 17.9. The van der Waals surface area contributed by atoms with Crippen LogP contribution in [0.4, 0.5) is 13.2 Å². The van der Waals surface area contributed by atoms with Crippen molar-refractivity contribution in [3.63, 3.8) is 0 Å². The Labute approximate surface area is 137 Å². The molecule has 5 nitrogen and oxygen atoms in total. The highest BCUT2D eigenvalue weighted by Crippen LogP contribution is 2.32. The SMILES string of the molecule is CC(C)c1nnc([C@H](C)NC(=O)Cc2ccccc2C(F)(F)F)o1. The molecule has 24 heavy (non-hydrogen) atoms. The van der Waals surface area contributed by atoms with Crippen molar-refractivity contribution < 1.29 is 22.4 Å². The van der Waals surface area contributed by atoms with Gasteiger partial charge in [0.25, 0.3) is 0 Å². The second kappa shape index (κ2) is 7.02. The van der Waals surface area contributed by atoms with Crippen LogP contribution >= 0.6 is 0 Å². The van der Waals surface area contributed by atoms with Crippen LogP contribution in [0.15, 0.2) is 28.7 Å². The average Bonchev–Trinajstić information content (AvgIpc) is 2.96. The van der Waals surface area contributed by atoms with Gasteiger partial charge in [0.1, 0.15) is 6.04 Å². The number of carbonyl (C=O) groups excluding carboxylic acids is 1. The lowest BCUT2D eigenvalue weighted by atomic mass is 10.0. The first-order valence-corrected chi connectivity index (χ1v) is 7.46. The molecule has 1 N–H and O–H groups in total. The number of alkyl halides is 3. The van der Waals surface area contributed by atoms with E-state index in [0.717, 1.165) is 6.07 Å². The lowest BCUT2D eigenvalue weighted by Crippen LogP contribution is -2.29. The third-order valence-corrected chi connectivity index (χ3v) is 3.37. The van der Waals surface area contributed by atoms with Crippen molar-refractivity contribution in [3.8, 4) is 0 Å². The topological polar surface area (TPSA) is 68.0 Å². The molecule has 0 saturated carbocycles. The summed E-state index contributed by atoms with van der Waals surface area (Å²) in [5.74, 6) is 0.154. The van der Waals surface area contributed by atoms with Gasteiger partial charge in [-0.3, -0.25) is 4.79 Å². The maximum Gasteiger partial charge on any atom is 0.416 e. The molecule has 0 aliphatic carbocycles. The van der Waals surface area contributed by atoms with E-state index in [9.17, 15) is 18.0 Å². The molecule has 1 aromatic heterocycles. The molecule has 0 fully saturated rings. The van der Waals surface area contributed by atoms with Crippen molar-refractivity contribution in [1.82, 2.24) is 15.5 Å². The first-order chi connectivity index (χ1) is 11.2. The molecule has 0 unspecified atom stereocenters. The molecule has 0 bridgehead atoms. The van der Waals surface area contributed by atoms with Gasteiger partial charge in [0, 0.05) is 5.92 Å². The fourth-order valence-corrected chi connectivity index (χ4v) is 2.13. The molecule has 0 aliphatic rings. The van der Waals surface area contributed by atoms with Crippen molar-refractivity contribution in [2.24, 2.45) is 0 Å². The predicted octanol–water partition coefficient (Wildman–Crippen LogP) is 3.63. The summed E-state index contributed by atoms with van der Waals surface area (Å²) in [5.41, 5.74) is -0.893. The fraction of sp³-hybridized carbons (Fsp3) is 0.438. The van der Waals surface area contributed by atoms with Crippen LogP contribution in [-0.4, -0.2) is 16.1 Å². The summed E-state index contributed by atoms with van der Waals surface area (Å²) in [7, 11) is 0. The summed E-state index contributed by atoms with van der Waals surface area (Å²) in [6.45, 7) is 5.40. The molecule has 2 aromatic rings.